The monoisotopic (exact) mass is 231 g/mol. The Morgan fingerprint density at radius 2 is 1.82 bits per heavy atom. The molecule has 0 amide bonds. The summed E-state index contributed by atoms with van der Waals surface area (Å²) in [5.41, 5.74) is 6.84. The van der Waals surface area contributed by atoms with Gasteiger partial charge in [0.1, 0.15) is 17.5 Å². The van der Waals surface area contributed by atoms with Gasteiger partial charge in [0.15, 0.2) is 0 Å². The zero-order chi connectivity index (χ0) is 12.3. The lowest BCUT2D eigenvalue weighted by Crippen LogP contribution is -2.26. The van der Waals surface area contributed by atoms with Gasteiger partial charge in [-0.3, -0.25) is 0 Å². The molecule has 90 valence electrons. The minimum absolute atomic E-state index is 0.291. The normalized spacial score (nSPS) is 16.4. The summed E-state index contributed by atoms with van der Waals surface area (Å²) in [5, 5.41) is 8.92. The van der Waals surface area contributed by atoms with Gasteiger partial charge in [-0.25, -0.2) is 4.98 Å². The number of nitrogen functional groups attached to an aromatic ring is 1. The number of hydrogen-bond donors (Lipinski definition) is 1. The molecule has 2 rings (SSSR count). The first-order valence-electron chi connectivity index (χ1n) is 6.01. The molecule has 0 atom stereocenters. The number of anilines is 2. The molecule has 5 nitrogen and oxygen atoms in total. The van der Waals surface area contributed by atoms with Crippen LogP contribution in [0, 0.1) is 18.3 Å². The van der Waals surface area contributed by atoms with Crippen LogP contribution in [0.2, 0.25) is 0 Å². The molecule has 1 aromatic heterocycles. The quantitative estimate of drug-likeness (QED) is 0.794. The van der Waals surface area contributed by atoms with Crippen LogP contribution in [0.4, 0.5) is 11.8 Å². The van der Waals surface area contributed by atoms with E-state index in [9.17, 15) is 0 Å². The second kappa shape index (κ2) is 5.00. The van der Waals surface area contributed by atoms with Gasteiger partial charge < -0.3 is 10.6 Å². The van der Waals surface area contributed by atoms with Gasteiger partial charge >= 0.3 is 0 Å². The Balaban J connectivity index is 2.30. The fourth-order valence-electron chi connectivity index (χ4n) is 2.13. The number of hydrogen-bond acceptors (Lipinski definition) is 5. The molecule has 0 saturated carbocycles. The van der Waals surface area contributed by atoms with Crippen LogP contribution >= 0.6 is 0 Å². The predicted octanol–water partition coefficient (Wildman–Crippen LogP) is 1.62. The van der Waals surface area contributed by atoms with Gasteiger partial charge in [0.2, 0.25) is 5.95 Å². The van der Waals surface area contributed by atoms with Crippen molar-refractivity contribution in [3.63, 3.8) is 0 Å². The summed E-state index contributed by atoms with van der Waals surface area (Å²) in [6.07, 6.45) is 4.87. The van der Waals surface area contributed by atoms with E-state index < -0.39 is 0 Å². The van der Waals surface area contributed by atoms with Gasteiger partial charge in [0, 0.05) is 13.1 Å². The minimum atomic E-state index is 0.291. The first kappa shape index (κ1) is 11.6. The highest BCUT2D eigenvalue weighted by molar-refractivity contribution is 5.54. The Morgan fingerprint density at radius 3 is 2.35 bits per heavy atom. The molecule has 0 bridgehead atoms. The molecule has 0 radical (unpaired) electrons. The highest BCUT2D eigenvalue weighted by atomic mass is 15.3. The Kier molecular flexibility index (Phi) is 3.43. The number of nitriles is 1. The topological polar surface area (TPSA) is 78.8 Å². The van der Waals surface area contributed by atoms with Crippen LogP contribution in [0.3, 0.4) is 0 Å². The Morgan fingerprint density at radius 1 is 1.18 bits per heavy atom. The van der Waals surface area contributed by atoms with Crippen molar-refractivity contribution in [3.05, 3.63) is 11.3 Å². The summed E-state index contributed by atoms with van der Waals surface area (Å²) in [7, 11) is 0. The molecule has 1 aromatic rings. The van der Waals surface area contributed by atoms with E-state index in [-0.39, 0.29) is 0 Å². The van der Waals surface area contributed by atoms with E-state index in [1.165, 1.54) is 25.7 Å². The lowest BCUT2D eigenvalue weighted by Gasteiger charge is -2.20. The van der Waals surface area contributed by atoms with E-state index in [1.807, 2.05) is 6.07 Å². The lowest BCUT2D eigenvalue weighted by molar-refractivity contribution is 0.726. The second-order valence-electron chi connectivity index (χ2n) is 4.38. The third kappa shape index (κ3) is 2.47. The van der Waals surface area contributed by atoms with Crippen molar-refractivity contribution in [1.82, 2.24) is 9.97 Å². The Bertz CT molecular complexity index is 418. The molecule has 2 N–H and O–H groups in total. The summed E-state index contributed by atoms with van der Waals surface area (Å²) < 4.78 is 0. The number of aryl methyl sites for hydroxylation is 1. The molecular formula is C12H17N5. The maximum Gasteiger partial charge on any atom is 0.227 e. The minimum Gasteiger partial charge on any atom is -0.382 e. The maximum atomic E-state index is 8.92. The predicted molar refractivity (Wildman–Crippen MR) is 66.6 cm³/mol. The fraction of sp³-hybridized carbons (Fsp3) is 0.583. The van der Waals surface area contributed by atoms with Crippen molar-refractivity contribution < 1.29 is 0 Å². The van der Waals surface area contributed by atoms with Gasteiger partial charge in [-0.15, -0.1) is 0 Å². The molecule has 5 heteroatoms. The van der Waals surface area contributed by atoms with E-state index in [0.29, 0.717) is 23.0 Å². The Hall–Kier alpha value is -1.83. The van der Waals surface area contributed by atoms with Crippen LogP contribution in [0.1, 0.15) is 36.9 Å². The van der Waals surface area contributed by atoms with Crippen molar-refractivity contribution >= 4 is 11.8 Å². The van der Waals surface area contributed by atoms with Gasteiger partial charge in [0.25, 0.3) is 0 Å². The smallest absolute Gasteiger partial charge is 0.227 e. The standard InChI is InChI=1S/C12H17N5/c1-9-10(8-13)11(14)16-12(15-9)17-6-4-2-3-5-7-17/h2-7H2,1H3,(H2,14,15,16). The number of aromatic nitrogens is 2. The van der Waals surface area contributed by atoms with Crippen molar-refractivity contribution in [3.8, 4) is 6.07 Å². The fourth-order valence-corrected chi connectivity index (χ4v) is 2.13. The van der Waals surface area contributed by atoms with E-state index in [1.54, 1.807) is 6.92 Å². The summed E-state index contributed by atoms with van der Waals surface area (Å²) in [4.78, 5) is 10.8. The van der Waals surface area contributed by atoms with E-state index in [2.05, 4.69) is 14.9 Å². The first-order valence-corrected chi connectivity index (χ1v) is 6.01. The molecule has 0 aromatic carbocycles. The average molecular weight is 231 g/mol. The molecule has 1 fully saturated rings. The van der Waals surface area contributed by atoms with Crippen LogP contribution < -0.4 is 10.6 Å². The number of nitrogens with zero attached hydrogens (tertiary/aromatic N) is 4. The molecule has 2 heterocycles. The lowest BCUT2D eigenvalue weighted by atomic mass is 10.2. The summed E-state index contributed by atoms with van der Waals surface area (Å²) in [6, 6.07) is 2.04. The molecule has 1 aliphatic heterocycles. The van der Waals surface area contributed by atoms with E-state index in [0.717, 1.165) is 13.1 Å². The van der Waals surface area contributed by atoms with Gasteiger partial charge in [-0.05, 0) is 19.8 Å². The van der Waals surface area contributed by atoms with Crippen molar-refractivity contribution in [1.29, 1.82) is 5.26 Å². The summed E-state index contributed by atoms with van der Waals surface area (Å²) >= 11 is 0. The summed E-state index contributed by atoms with van der Waals surface area (Å²) in [6.45, 7) is 3.76. The average Bonchev–Trinajstić information content (AvgIpc) is 2.57. The zero-order valence-electron chi connectivity index (χ0n) is 10.1. The van der Waals surface area contributed by atoms with Gasteiger partial charge in [-0.2, -0.15) is 10.2 Å². The zero-order valence-corrected chi connectivity index (χ0v) is 10.1. The maximum absolute atomic E-state index is 8.92. The highest BCUT2D eigenvalue weighted by Gasteiger charge is 2.15. The Labute approximate surface area is 101 Å². The van der Waals surface area contributed by atoms with Crippen molar-refractivity contribution in [2.75, 3.05) is 23.7 Å². The number of nitrogens with two attached hydrogens (primary N) is 1. The third-order valence-corrected chi connectivity index (χ3v) is 3.11. The SMILES string of the molecule is Cc1nc(N2CCCCCC2)nc(N)c1C#N. The third-order valence-electron chi connectivity index (χ3n) is 3.11. The van der Waals surface area contributed by atoms with Crippen LogP contribution in [-0.2, 0) is 0 Å². The highest BCUT2D eigenvalue weighted by Crippen LogP contribution is 2.19. The van der Waals surface area contributed by atoms with Crippen molar-refractivity contribution in [2.45, 2.75) is 32.6 Å². The molecule has 17 heavy (non-hydrogen) atoms. The molecule has 1 saturated heterocycles. The van der Waals surface area contributed by atoms with Crippen molar-refractivity contribution in [2.24, 2.45) is 0 Å². The molecule has 0 aliphatic carbocycles. The van der Waals surface area contributed by atoms with E-state index in [4.69, 9.17) is 11.0 Å². The van der Waals surface area contributed by atoms with Gasteiger partial charge in [0.05, 0.1) is 5.69 Å². The molecule has 1 aliphatic rings. The first-order chi connectivity index (χ1) is 8.22. The van der Waals surface area contributed by atoms with E-state index >= 15 is 0 Å². The molecule has 0 spiro atoms. The molecule has 0 unspecified atom stereocenters. The van der Waals surface area contributed by atoms with Crippen LogP contribution in [0.5, 0.6) is 0 Å². The van der Waals surface area contributed by atoms with Crippen LogP contribution in [0.25, 0.3) is 0 Å². The van der Waals surface area contributed by atoms with Crippen LogP contribution in [-0.4, -0.2) is 23.1 Å². The largest absolute Gasteiger partial charge is 0.382 e. The second-order valence-corrected chi connectivity index (χ2v) is 4.38. The molecular weight excluding hydrogens is 214 g/mol. The van der Waals surface area contributed by atoms with Crippen LogP contribution in [0.15, 0.2) is 0 Å². The number of rotatable bonds is 1. The van der Waals surface area contributed by atoms with Gasteiger partial charge in [-0.1, -0.05) is 12.8 Å². The summed E-state index contributed by atoms with van der Waals surface area (Å²) in [5.74, 6) is 0.958.